The normalized spacial score (nSPS) is 10.7. The van der Waals surface area contributed by atoms with Gasteiger partial charge in [-0.25, -0.2) is 0 Å². The van der Waals surface area contributed by atoms with Gasteiger partial charge in [0.05, 0.1) is 15.5 Å². The van der Waals surface area contributed by atoms with Crippen molar-refractivity contribution in [3.05, 3.63) is 74.8 Å². The molecule has 0 amide bonds. The lowest BCUT2D eigenvalue weighted by molar-refractivity contribution is -0.384. The van der Waals surface area contributed by atoms with E-state index in [2.05, 4.69) is 15.9 Å². The van der Waals surface area contributed by atoms with Crippen LogP contribution in [-0.2, 0) is 0 Å². The Hall–Kier alpha value is -2.14. The highest BCUT2D eigenvalue weighted by Gasteiger charge is 2.09. The van der Waals surface area contributed by atoms with Crippen LogP contribution in [0.4, 0.5) is 5.69 Å². The molecule has 0 aliphatic heterocycles. The number of ether oxygens (including phenoxy) is 1. The average molecular weight is 334 g/mol. The van der Waals surface area contributed by atoms with Crippen molar-refractivity contribution in [2.24, 2.45) is 0 Å². The number of nitrogens with zero attached hydrogens (tertiary/aromatic N) is 1. The molecule has 0 atom stereocenters. The zero-order valence-electron chi connectivity index (χ0n) is 10.5. The minimum atomic E-state index is -0.445. The Bertz CT molecular complexity index is 626. The van der Waals surface area contributed by atoms with Crippen LogP contribution in [0.25, 0.3) is 6.08 Å². The van der Waals surface area contributed by atoms with Crippen molar-refractivity contribution in [2.45, 2.75) is 0 Å². The highest BCUT2D eigenvalue weighted by atomic mass is 79.9. The van der Waals surface area contributed by atoms with E-state index in [1.54, 1.807) is 6.07 Å². The van der Waals surface area contributed by atoms with Crippen LogP contribution in [0, 0.1) is 10.1 Å². The number of benzene rings is 2. The predicted octanol–water partition coefficient (Wildman–Crippen LogP) is 4.45. The molecule has 0 heterocycles. The second-order valence-electron chi connectivity index (χ2n) is 4.00. The van der Waals surface area contributed by atoms with Crippen molar-refractivity contribution in [3.8, 4) is 5.75 Å². The molecule has 0 saturated heterocycles. The summed E-state index contributed by atoms with van der Waals surface area (Å²) in [6.07, 6.45) is 3.80. The first-order valence-corrected chi connectivity index (χ1v) is 6.74. The first-order valence-electron chi connectivity index (χ1n) is 5.95. The number of hydrogen-bond acceptors (Lipinski definition) is 3. The summed E-state index contributed by atoms with van der Waals surface area (Å²) in [5.74, 6) is 0.455. The van der Waals surface area contributed by atoms with Crippen LogP contribution < -0.4 is 4.74 Å². The summed E-state index contributed by atoms with van der Waals surface area (Å²) < 4.78 is 6.20. The number of nitro benzene ring substituents is 1. The van der Waals surface area contributed by atoms with Crippen molar-refractivity contribution in [3.63, 3.8) is 0 Å². The molecule has 0 radical (unpaired) electrons. The van der Waals surface area contributed by atoms with Crippen molar-refractivity contribution >= 4 is 27.7 Å². The lowest BCUT2D eigenvalue weighted by Crippen LogP contribution is -1.96. The molecule has 2 aromatic carbocycles. The van der Waals surface area contributed by atoms with Crippen molar-refractivity contribution in [1.82, 2.24) is 0 Å². The third-order valence-electron chi connectivity index (χ3n) is 2.57. The van der Waals surface area contributed by atoms with E-state index in [0.29, 0.717) is 16.8 Å². The van der Waals surface area contributed by atoms with Crippen LogP contribution in [0.15, 0.2) is 59.1 Å². The SMILES string of the molecule is O=[N+]([O-])c1ccc(Br)c(OC/C=C/c2ccccc2)c1. The maximum absolute atomic E-state index is 10.7. The Morgan fingerprint density at radius 3 is 2.65 bits per heavy atom. The summed E-state index contributed by atoms with van der Waals surface area (Å²) in [5.41, 5.74) is 1.09. The van der Waals surface area contributed by atoms with Gasteiger partial charge in [0.15, 0.2) is 0 Å². The van der Waals surface area contributed by atoms with E-state index in [1.807, 2.05) is 42.5 Å². The third kappa shape index (κ3) is 3.93. The Labute approximate surface area is 125 Å². The fraction of sp³-hybridized carbons (Fsp3) is 0.0667. The van der Waals surface area contributed by atoms with E-state index in [0.717, 1.165) is 5.56 Å². The monoisotopic (exact) mass is 333 g/mol. The van der Waals surface area contributed by atoms with Gasteiger partial charge >= 0.3 is 0 Å². The average Bonchev–Trinajstić information content (AvgIpc) is 2.46. The summed E-state index contributed by atoms with van der Waals surface area (Å²) in [7, 11) is 0. The molecule has 20 heavy (non-hydrogen) atoms. The molecule has 4 nitrogen and oxygen atoms in total. The molecule has 2 aromatic rings. The minimum absolute atomic E-state index is 0.00948. The summed E-state index contributed by atoms with van der Waals surface area (Å²) in [5, 5.41) is 10.7. The van der Waals surface area contributed by atoms with E-state index in [1.165, 1.54) is 12.1 Å². The topological polar surface area (TPSA) is 52.4 Å². The molecule has 102 valence electrons. The fourth-order valence-electron chi connectivity index (χ4n) is 1.60. The van der Waals surface area contributed by atoms with Crippen LogP contribution in [0.5, 0.6) is 5.75 Å². The van der Waals surface area contributed by atoms with E-state index < -0.39 is 4.92 Å². The van der Waals surface area contributed by atoms with Gasteiger partial charge in [-0.1, -0.05) is 36.4 Å². The summed E-state index contributed by atoms with van der Waals surface area (Å²) in [6, 6.07) is 14.3. The molecule has 0 unspecified atom stereocenters. The van der Waals surface area contributed by atoms with E-state index in [9.17, 15) is 10.1 Å². The molecule has 0 fully saturated rings. The third-order valence-corrected chi connectivity index (χ3v) is 3.23. The number of non-ortho nitro benzene ring substituents is 1. The van der Waals surface area contributed by atoms with Crippen LogP contribution in [0.1, 0.15) is 5.56 Å². The zero-order chi connectivity index (χ0) is 14.4. The molecule has 0 spiro atoms. The molecule has 0 N–H and O–H groups in total. The highest BCUT2D eigenvalue weighted by Crippen LogP contribution is 2.29. The van der Waals surface area contributed by atoms with E-state index >= 15 is 0 Å². The largest absolute Gasteiger partial charge is 0.488 e. The lowest BCUT2D eigenvalue weighted by Gasteiger charge is -2.05. The van der Waals surface area contributed by atoms with Gasteiger partial charge in [-0.05, 0) is 33.6 Å². The van der Waals surface area contributed by atoms with Gasteiger partial charge in [0, 0.05) is 6.07 Å². The maximum atomic E-state index is 10.7. The lowest BCUT2D eigenvalue weighted by atomic mass is 10.2. The molecular formula is C15H12BrNO3. The first-order chi connectivity index (χ1) is 9.66. The van der Waals surface area contributed by atoms with Crippen LogP contribution in [0.3, 0.4) is 0 Å². The zero-order valence-corrected chi connectivity index (χ0v) is 12.1. The predicted molar refractivity (Wildman–Crippen MR) is 81.8 cm³/mol. The van der Waals surface area contributed by atoms with E-state index in [4.69, 9.17) is 4.74 Å². The van der Waals surface area contributed by atoms with Gasteiger partial charge in [-0.15, -0.1) is 0 Å². The van der Waals surface area contributed by atoms with Crippen LogP contribution in [-0.4, -0.2) is 11.5 Å². The molecule has 0 aliphatic rings. The van der Waals surface area contributed by atoms with Crippen LogP contribution in [0.2, 0.25) is 0 Å². The van der Waals surface area contributed by atoms with Crippen molar-refractivity contribution in [1.29, 1.82) is 0 Å². The number of halogens is 1. The standard InChI is InChI=1S/C15H12BrNO3/c16-14-9-8-13(17(18)19)11-15(14)20-10-4-7-12-5-2-1-3-6-12/h1-9,11H,10H2/b7-4+. The van der Waals surface area contributed by atoms with Gasteiger partial charge in [-0.2, -0.15) is 0 Å². The van der Waals surface area contributed by atoms with Gasteiger partial charge < -0.3 is 4.74 Å². The van der Waals surface area contributed by atoms with E-state index in [-0.39, 0.29) is 5.69 Å². The van der Waals surface area contributed by atoms with Crippen molar-refractivity contribution < 1.29 is 9.66 Å². The highest BCUT2D eigenvalue weighted by molar-refractivity contribution is 9.10. The molecule has 0 aliphatic carbocycles. The Morgan fingerprint density at radius 2 is 1.95 bits per heavy atom. The number of nitro groups is 1. The molecular weight excluding hydrogens is 322 g/mol. The second-order valence-corrected chi connectivity index (χ2v) is 4.85. The Balaban J connectivity index is 1.99. The molecule has 0 saturated carbocycles. The van der Waals surface area contributed by atoms with Gasteiger partial charge in [0.1, 0.15) is 12.4 Å². The fourth-order valence-corrected chi connectivity index (χ4v) is 1.96. The summed E-state index contributed by atoms with van der Waals surface area (Å²) >= 11 is 3.30. The summed E-state index contributed by atoms with van der Waals surface area (Å²) in [4.78, 5) is 10.3. The quantitative estimate of drug-likeness (QED) is 0.600. The smallest absolute Gasteiger partial charge is 0.273 e. The Morgan fingerprint density at radius 1 is 1.20 bits per heavy atom. The minimum Gasteiger partial charge on any atom is -0.488 e. The van der Waals surface area contributed by atoms with Gasteiger partial charge in [0.25, 0.3) is 5.69 Å². The van der Waals surface area contributed by atoms with Gasteiger partial charge in [0.2, 0.25) is 0 Å². The Kier molecular flexibility index (Phi) is 4.90. The van der Waals surface area contributed by atoms with Gasteiger partial charge in [-0.3, -0.25) is 10.1 Å². The molecule has 0 aromatic heterocycles. The number of hydrogen-bond donors (Lipinski definition) is 0. The first kappa shape index (κ1) is 14.3. The molecule has 2 rings (SSSR count). The maximum Gasteiger partial charge on any atom is 0.273 e. The van der Waals surface area contributed by atoms with Crippen molar-refractivity contribution in [2.75, 3.05) is 6.61 Å². The summed E-state index contributed by atoms with van der Waals surface area (Å²) in [6.45, 7) is 0.342. The second kappa shape index (κ2) is 6.86. The van der Waals surface area contributed by atoms with Crippen LogP contribution >= 0.6 is 15.9 Å². The number of rotatable bonds is 5. The molecule has 5 heteroatoms. The molecule has 0 bridgehead atoms.